The second-order valence-corrected chi connectivity index (χ2v) is 7.25. The van der Waals surface area contributed by atoms with E-state index in [0.29, 0.717) is 17.3 Å². The number of carbonyl (C=O) groups is 1. The number of nitrogens with zero attached hydrogens (tertiary/aromatic N) is 4. The number of amides is 1. The second kappa shape index (κ2) is 9.16. The molecule has 0 fully saturated rings. The van der Waals surface area contributed by atoms with Crippen molar-refractivity contribution >= 4 is 23.4 Å². The Bertz CT molecular complexity index is 1070. The average Bonchev–Trinajstić information content (AvgIpc) is 3.17. The lowest BCUT2D eigenvalue weighted by molar-refractivity contribution is -0.113. The molecule has 29 heavy (non-hydrogen) atoms. The van der Waals surface area contributed by atoms with Gasteiger partial charge in [0.2, 0.25) is 5.91 Å². The summed E-state index contributed by atoms with van der Waals surface area (Å²) in [5, 5.41) is 12.3. The van der Waals surface area contributed by atoms with Crippen LogP contribution in [-0.2, 0) is 11.2 Å². The van der Waals surface area contributed by atoms with Gasteiger partial charge in [0.15, 0.2) is 5.16 Å². The lowest BCUT2D eigenvalue weighted by Gasteiger charge is -2.10. The molecule has 6 nitrogen and oxygen atoms in total. The number of benzene rings is 2. The van der Waals surface area contributed by atoms with E-state index in [2.05, 4.69) is 32.6 Å². The Kier molecular flexibility index (Phi) is 5.97. The summed E-state index contributed by atoms with van der Waals surface area (Å²) in [6.45, 7) is 0. The summed E-state index contributed by atoms with van der Waals surface area (Å²) in [5.74, 6) is 0.943. The zero-order chi connectivity index (χ0) is 19.9. The van der Waals surface area contributed by atoms with Crippen LogP contribution in [0.2, 0.25) is 0 Å². The first-order valence-electron chi connectivity index (χ1n) is 9.16. The average molecular weight is 401 g/mol. The van der Waals surface area contributed by atoms with Crippen molar-refractivity contribution in [1.29, 1.82) is 0 Å². The van der Waals surface area contributed by atoms with Gasteiger partial charge in [-0.25, -0.2) is 0 Å². The van der Waals surface area contributed by atoms with Crippen molar-refractivity contribution in [2.45, 2.75) is 11.6 Å². The van der Waals surface area contributed by atoms with Crippen LogP contribution in [0.15, 0.2) is 90.3 Å². The Labute approximate surface area is 173 Å². The molecule has 4 rings (SSSR count). The standard InChI is InChI=1S/C22H19N5OS/c28-21(24-18-10-7-13-23-15-18)16-29-22-26-25-20(14-17-8-3-1-4-9-17)27(22)19-11-5-2-6-12-19/h1-13,15H,14,16H2,(H,24,28). The van der Waals surface area contributed by atoms with Gasteiger partial charge in [0.05, 0.1) is 17.6 Å². The summed E-state index contributed by atoms with van der Waals surface area (Å²) < 4.78 is 2.01. The Morgan fingerprint density at radius 1 is 0.931 bits per heavy atom. The Morgan fingerprint density at radius 3 is 2.41 bits per heavy atom. The predicted octanol–water partition coefficient (Wildman–Crippen LogP) is 3.98. The van der Waals surface area contributed by atoms with E-state index in [1.807, 2.05) is 53.1 Å². The molecule has 1 N–H and O–H groups in total. The fourth-order valence-corrected chi connectivity index (χ4v) is 3.66. The van der Waals surface area contributed by atoms with Gasteiger partial charge in [0, 0.05) is 18.3 Å². The fraction of sp³-hybridized carbons (Fsp3) is 0.0909. The lowest BCUT2D eigenvalue weighted by Crippen LogP contribution is -2.14. The van der Waals surface area contributed by atoms with Crippen LogP contribution in [0.4, 0.5) is 5.69 Å². The summed E-state index contributed by atoms with van der Waals surface area (Å²) >= 11 is 1.36. The van der Waals surface area contributed by atoms with Gasteiger partial charge in [0.25, 0.3) is 0 Å². The number of para-hydroxylation sites is 1. The zero-order valence-electron chi connectivity index (χ0n) is 15.6. The molecule has 0 saturated heterocycles. The number of carbonyl (C=O) groups excluding carboxylic acids is 1. The quantitative estimate of drug-likeness (QED) is 0.474. The highest BCUT2D eigenvalue weighted by Gasteiger charge is 2.16. The number of nitrogens with one attached hydrogen (secondary N) is 1. The Balaban J connectivity index is 1.54. The summed E-state index contributed by atoms with van der Waals surface area (Å²) in [4.78, 5) is 16.3. The predicted molar refractivity (Wildman–Crippen MR) is 114 cm³/mol. The van der Waals surface area contributed by atoms with Crippen LogP contribution in [-0.4, -0.2) is 31.4 Å². The zero-order valence-corrected chi connectivity index (χ0v) is 16.4. The van der Waals surface area contributed by atoms with Crippen molar-refractivity contribution in [3.63, 3.8) is 0 Å². The maximum atomic E-state index is 12.3. The normalized spacial score (nSPS) is 10.6. The molecule has 4 aromatic rings. The van der Waals surface area contributed by atoms with Crippen molar-refractivity contribution in [2.24, 2.45) is 0 Å². The van der Waals surface area contributed by atoms with Crippen molar-refractivity contribution in [1.82, 2.24) is 19.7 Å². The third-order valence-electron chi connectivity index (χ3n) is 4.20. The van der Waals surface area contributed by atoms with E-state index in [-0.39, 0.29) is 11.7 Å². The maximum absolute atomic E-state index is 12.3. The van der Waals surface area contributed by atoms with Gasteiger partial charge in [-0.2, -0.15) is 0 Å². The number of rotatable bonds is 7. The molecule has 0 aliphatic rings. The van der Waals surface area contributed by atoms with Gasteiger partial charge >= 0.3 is 0 Å². The molecule has 0 spiro atoms. The van der Waals surface area contributed by atoms with Crippen LogP contribution in [0.3, 0.4) is 0 Å². The third-order valence-corrected chi connectivity index (χ3v) is 5.13. The number of anilines is 1. The summed E-state index contributed by atoms with van der Waals surface area (Å²) in [5.41, 5.74) is 2.80. The smallest absolute Gasteiger partial charge is 0.234 e. The molecule has 7 heteroatoms. The molecule has 2 aromatic carbocycles. The van der Waals surface area contributed by atoms with E-state index in [4.69, 9.17) is 0 Å². The highest BCUT2D eigenvalue weighted by Crippen LogP contribution is 2.23. The molecule has 2 heterocycles. The monoisotopic (exact) mass is 401 g/mol. The molecular weight excluding hydrogens is 382 g/mol. The van der Waals surface area contributed by atoms with Crippen molar-refractivity contribution in [3.05, 3.63) is 96.6 Å². The maximum Gasteiger partial charge on any atom is 0.234 e. The number of thioether (sulfide) groups is 1. The van der Waals surface area contributed by atoms with Crippen LogP contribution >= 0.6 is 11.8 Å². The minimum Gasteiger partial charge on any atom is -0.324 e. The minimum absolute atomic E-state index is 0.116. The molecule has 0 aliphatic heterocycles. The topological polar surface area (TPSA) is 72.7 Å². The first kappa shape index (κ1) is 18.9. The van der Waals surface area contributed by atoms with Gasteiger partial charge in [-0.15, -0.1) is 10.2 Å². The summed E-state index contributed by atoms with van der Waals surface area (Å²) in [6, 6.07) is 23.7. The molecule has 0 radical (unpaired) electrons. The van der Waals surface area contributed by atoms with Crippen LogP contribution in [0.1, 0.15) is 11.4 Å². The van der Waals surface area contributed by atoms with E-state index in [9.17, 15) is 4.79 Å². The highest BCUT2D eigenvalue weighted by molar-refractivity contribution is 7.99. The van der Waals surface area contributed by atoms with E-state index < -0.39 is 0 Å². The summed E-state index contributed by atoms with van der Waals surface area (Å²) in [7, 11) is 0. The molecule has 0 saturated carbocycles. The third kappa shape index (κ3) is 4.89. The van der Waals surface area contributed by atoms with Gasteiger partial charge in [0.1, 0.15) is 5.82 Å². The SMILES string of the molecule is O=C(CSc1nnc(Cc2ccccc2)n1-c1ccccc1)Nc1cccnc1. The lowest BCUT2D eigenvalue weighted by atomic mass is 10.1. The van der Waals surface area contributed by atoms with Crippen LogP contribution in [0.25, 0.3) is 5.69 Å². The van der Waals surface area contributed by atoms with Crippen molar-refractivity contribution in [3.8, 4) is 5.69 Å². The van der Waals surface area contributed by atoms with E-state index >= 15 is 0 Å². The van der Waals surface area contributed by atoms with E-state index in [1.54, 1.807) is 24.5 Å². The van der Waals surface area contributed by atoms with Crippen LogP contribution in [0, 0.1) is 0 Å². The number of hydrogen-bond acceptors (Lipinski definition) is 5. The minimum atomic E-state index is -0.116. The largest absolute Gasteiger partial charge is 0.324 e. The number of pyridine rings is 1. The molecule has 2 aromatic heterocycles. The first-order valence-corrected chi connectivity index (χ1v) is 10.1. The molecule has 0 unspecified atom stereocenters. The fourth-order valence-electron chi connectivity index (χ4n) is 2.89. The molecule has 0 bridgehead atoms. The van der Waals surface area contributed by atoms with Gasteiger partial charge < -0.3 is 5.32 Å². The van der Waals surface area contributed by atoms with Crippen LogP contribution < -0.4 is 5.32 Å². The number of hydrogen-bond donors (Lipinski definition) is 1. The Hall–Kier alpha value is -3.45. The highest BCUT2D eigenvalue weighted by atomic mass is 32.2. The molecule has 0 aliphatic carbocycles. The van der Waals surface area contributed by atoms with Gasteiger partial charge in [-0.1, -0.05) is 60.3 Å². The second-order valence-electron chi connectivity index (χ2n) is 6.31. The van der Waals surface area contributed by atoms with Crippen molar-refractivity contribution < 1.29 is 4.79 Å². The summed E-state index contributed by atoms with van der Waals surface area (Å²) in [6.07, 6.45) is 3.94. The molecule has 1 amide bonds. The molecular formula is C22H19N5OS. The van der Waals surface area contributed by atoms with E-state index in [0.717, 1.165) is 17.1 Å². The van der Waals surface area contributed by atoms with Gasteiger partial charge in [-0.3, -0.25) is 14.3 Å². The molecule has 144 valence electrons. The van der Waals surface area contributed by atoms with E-state index in [1.165, 1.54) is 11.8 Å². The number of aromatic nitrogens is 4. The van der Waals surface area contributed by atoms with Crippen LogP contribution in [0.5, 0.6) is 0 Å². The molecule has 0 atom stereocenters. The van der Waals surface area contributed by atoms with Gasteiger partial charge in [-0.05, 0) is 29.8 Å². The Morgan fingerprint density at radius 2 is 1.69 bits per heavy atom. The first-order chi connectivity index (χ1) is 14.3. The van der Waals surface area contributed by atoms with Crippen molar-refractivity contribution in [2.75, 3.05) is 11.1 Å².